The van der Waals surface area contributed by atoms with Crippen molar-refractivity contribution in [1.29, 1.82) is 0 Å². The maximum Gasteiger partial charge on any atom is 0.140 e. The van der Waals surface area contributed by atoms with Crippen molar-refractivity contribution in [3.63, 3.8) is 0 Å². The molecule has 0 saturated carbocycles. The van der Waals surface area contributed by atoms with E-state index in [1.54, 1.807) is 0 Å². The third kappa shape index (κ3) is 3.74. The molecule has 8 rings (SSSR count). The first-order valence-electron chi connectivity index (χ1n) is 13.7. The number of benzene rings is 4. The van der Waals surface area contributed by atoms with E-state index in [0.717, 1.165) is 61.5 Å². The Morgan fingerprint density at radius 3 is 2.22 bits per heavy atom. The van der Waals surface area contributed by atoms with Crippen LogP contribution < -0.4 is 0 Å². The lowest BCUT2D eigenvalue weighted by Crippen LogP contribution is -1.99. The Labute approximate surface area is 237 Å². The fraction of sp³-hybridized carbons (Fsp3) is 0.0278. The van der Waals surface area contributed by atoms with Crippen LogP contribution in [0.25, 0.3) is 72.3 Å². The van der Waals surface area contributed by atoms with Gasteiger partial charge in [0.05, 0.1) is 33.4 Å². The van der Waals surface area contributed by atoms with Crippen molar-refractivity contribution >= 4 is 32.8 Å². The Morgan fingerprint density at radius 1 is 0.585 bits per heavy atom. The Balaban J connectivity index is 1.45. The van der Waals surface area contributed by atoms with Crippen molar-refractivity contribution < 1.29 is 0 Å². The molecule has 0 atom stereocenters. The minimum atomic E-state index is 0.938. The number of aromatic nitrogens is 5. The third-order valence-electron chi connectivity index (χ3n) is 7.89. The van der Waals surface area contributed by atoms with Crippen molar-refractivity contribution in [3.8, 4) is 39.5 Å². The fourth-order valence-corrected chi connectivity index (χ4v) is 5.95. The summed E-state index contributed by atoms with van der Waals surface area (Å²) in [6.07, 6.45) is 5.58. The van der Waals surface area contributed by atoms with E-state index in [4.69, 9.17) is 4.98 Å². The number of rotatable bonds is 4. The van der Waals surface area contributed by atoms with Gasteiger partial charge >= 0.3 is 0 Å². The van der Waals surface area contributed by atoms with Gasteiger partial charge < -0.3 is 9.13 Å². The lowest BCUT2D eigenvalue weighted by Gasteiger charge is -2.16. The standard InChI is InChI=1S/C36H25N5/c1-40-33-14-5-3-12-31(33)39-36(40)25-16-18-29-28-10-2-4-13-32(28)41(35(29)22-25)34-21-24(30-11-6-7-20-38-30)15-17-27(34)26-9-8-19-37-23-26/h2-23H,1H3. The van der Waals surface area contributed by atoms with E-state index in [0.29, 0.717) is 0 Å². The molecule has 4 heterocycles. The van der Waals surface area contributed by atoms with Gasteiger partial charge in [-0.1, -0.05) is 66.7 Å². The summed E-state index contributed by atoms with van der Waals surface area (Å²) in [6, 6.07) is 40.3. The highest BCUT2D eigenvalue weighted by atomic mass is 15.1. The van der Waals surface area contributed by atoms with Crippen LogP contribution in [0, 0.1) is 0 Å². The molecule has 0 bridgehead atoms. The van der Waals surface area contributed by atoms with E-state index >= 15 is 0 Å². The largest absolute Gasteiger partial charge is 0.327 e. The predicted octanol–water partition coefficient (Wildman–Crippen LogP) is 8.46. The summed E-state index contributed by atoms with van der Waals surface area (Å²) < 4.78 is 4.55. The van der Waals surface area contributed by atoms with Gasteiger partial charge in [-0.15, -0.1) is 0 Å². The molecule has 4 aromatic heterocycles. The second kappa shape index (κ2) is 9.28. The summed E-state index contributed by atoms with van der Waals surface area (Å²) in [5.41, 5.74) is 10.7. The first-order chi connectivity index (χ1) is 20.3. The van der Waals surface area contributed by atoms with Crippen LogP contribution in [-0.4, -0.2) is 24.1 Å². The molecule has 0 amide bonds. The molecule has 4 aromatic carbocycles. The molecule has 5 heteroatoms. The second-order valence-electron chi connectivity index (χ2n) is 10.3. The van der Waals surface area contributed by atoms with Gasteiger partial charge in [-0.25, -0.2) is 4.98 Å². The average Bonchev–Trinajstić information content (AvgIpc) is 3.56. The number of aryl methyl sites for hydroxylation is 1. The fourth-order valence-electron chi connectivity index (χ4n) is 5.95. The average molecular weight is 528 g/mol. The van der Waals surface area contributed by atoms with Crippen LogP contribution in [0.5, 0.6) is 0 Å². The summed E-state index contributed by atoms with van der Waals surface area (Å²) in [5, 5.41) is 2.41. The number of pyridine rings is 2. The zero-order valence-electron chi connectivity index (χ0n) is 22.4. The molecule has 0 fully saturated rings. The molecule has 0 radical (unpaired) electrons. The van der Waals surface area contributed by atoms with Gasteiger partial charge in [0.1, 0.15) is 5.82 Å². The van der Waals surface area contributed by atoms with Crippen LogP contribution >= 0.6 is 0 Å². The van der Waals surface area contributed by atoms with Crippen LogP contribution in [-0.2, 0) is 7.05 Å². The summed E-state index contributed by atoms with van der Waals surface area (Å²) in [7, 11) is 2.08. The Morgan fingerprint density at radius 2 is 1.39 bits per heavy atom. The van der Waals surface area contributed by atoms with E-state index in [2.05, 4.69) is 117 Å². The lowest BCUT2D eigenvalue weighted by molar-refractivity contribution is 0.959. The SMILES string of the molecule is Cn1c(-c2ccc3c4ccccc4n(-c4cc(-c5ccccn5)ccc4-c4cccnc4)c3c2)nc2ccccc21. The molecule has 0 saturated heterocycles. The van der Waals surface area contributed by atoms with Gasteiger partial charge in [0.2, 0.25) is 0 Å². The van der Waals surface area contributed by atoms with Gasteiger partial charge in [-0.3, -0.25) is 9.97 Å². The molecule has 0 spiro atoms. The van der Waals surface area contributed by atoms with Crippen LogP contribution in [0.1, 0.15) is 0 Å². The van der Waals surface area contributed by atoms with E-state index < -0.39 is 0 Å². The Hall–Kier alpha value is -5.55. The summed E-state index contributed by atoms with van der Waals surface area (Å²) >= 11 is 0. The van der Waals surface area contributed by atoms with Gasteiger partial charge in [-0.2, -0.15) is 0 Å². The van der Waals surface area contributed by atoms with Gasteiger partial charge in [-0.05, 0) is 48.5 Å². The monoisotopic (exact) mass is 527 g/mol. The molecular weight excluding hydrogens is 502 g/mol. The van der Waals surface area contributed by atoms with Crippen molar-refractivity contribution in [3.05, 3.63) is 134 Å². The molecule has 0 unspecified atom stereocenters. The second-order valence-corrected chi connectivity index (χ2v) is 10.3. The van der Waals surface area contributed by atoms with Crippen LogP contribution in [0.3, 0.4) is 0 Å². The quantitative estimate of drug-likeness (QED) is 0.231. The molecule has 5 nitrogen and oxygen atoms in total. The normalized spacial score (nSPS) is 11.5. The number of para-hydroxylation sites is 3. The van der Waals surface area contributed by atoms with Crippen molar-refractivity contribution in [2.24, 2.45) is 7.05 Å². The molecule has 0 aliphatic carbocycles. The number of hydrogen-bond donors (Lipinski definition) is 0. The van der Waals surface area contributed by atoms with Crippen LogP contribution in [0.2, 0.25) is 0 Å². The molecule has 41 heavy (non-hydrogen) atoms. The summed E-state index contributed by atoms with van der Waals surface area (Å²) in [6.45, 7) is 0. The van der Waals surface area contributed by atoms with Gasteiger partial charge in [0.25, 0.3) is 0 Å². The van der Waals surface area contributed by atoms with Crippen molar-refractivity contribution in [2.75, 3.05) is 0 Å². The topological polar surface area (TPSA) is 48.5 Å². The molecule has 0 aliphatic heterocycles. The summed E-state index contributed by atoms with van der Waals surface area (Å²) in [4.78, 5) is 14.1. The zero-order valence-corrected chi connectivity index (χ0v) is 22.4. The molecule has 8 aromatic rings. The molecule has 0 N–H and O–H groups in total. The number of hydrogen-bond acceptors (Lipinski definition) is 3. The minimum Gasteiger partial charge on any atom is -0.327 e. The first kappa shape index (κ1) is 23.3. The summed E-state index contributed by atoms with van der Waals surface area (Å²) in [5.74, 6) is 0.944. The number of fused-ring (bicyclic) bond motifs is 4. The highest BCUT2D eigenvalue weighted by Gasteiger charge is 2.19. The number of imidazole rings is 1. The predicted molar refractivity (Wildman–Crippen MR) is 167 cm³/mol. The van der Waals surface area contributed by atoms with Gasteiger partial charge in [0, 0.05) is 58.7 Å². The van der Waals surface area contributed by atoms with E-state index in [9.17, 15) is 0 Å². The smallest absolute Gasteiger partial charge is 0.140 e. The molecule has 194 valence electrons. The van der Waals surface area contributed by atoms with E-state index in [1.807, 2.05) is 42.9 Å². The van der Waals surface area contributed by atoms with Crippen LogP contribution in [0.4, 0.5) is 0 Å². The molecule has 0 aliphatic rings. The van der Waals surface area contributed by atoms with Crippen LogP contribution in [0.15, 0.2) is 134 Å². The maximum absolute atomic E-state index is 5.00. The van der Waals surface area contributed by atoms with E-state index in [1.165, 1.54) is 10.8 Å². The molecular formula is C36H25N5. The highest BCUT2D eigenvalue weighted by Crippen LogP contribution is 2.39. The highest BCUT2D eigenvalue weighted by molar-refractivity contribution is 6.10. The Kier molecular flexibility index (Phi) is 5.28. The van der Waals surface area contributed by atoms with E-state index in [-0.39, 0.29) is 0 Å². The van der Waals surface area contributed by atoms with Crippen molar-refractivity contribution in [2.45, 2.75) is 0 Å². The minimum absolute atomic E-state index is 0.938. The lowest BCUT2D eigenvalue weighted by atomic mass is 10.0. The first-order valence-corrected chi connectivity index (χ1v) is 13.7. The zero-order chi connectivity index (χ0) is 27.3. The maximum atomic E-state index is 5.00. The van der Waals surface area contributed by atoms with Crippen molar-refractivity contribution in [1.82, 2.24) is 24.1 Å². The third-order valence-corrected chi connectivity index (χ3v) is 7.89. The van der Waals surface area contributed by atoms with Gasteiger partial charge in [0.15, 0.2) is 0 Å². The number of nitrogens with zero attached hydrogens (tertiary/aromatic N) is 5. The Bertz CT molecular complexity index is 2210.